The highest BCUT2D eigenvalue weighted by atomic mass is 28.4. The minimum Gasteiger partial charge on any atom is -0.409 e. The quantitative estimate of drug-likeness (QED) is 0.329. The molecule has 0 bridgehead atoms. The molecule has 1 aliphatic rings. The minimum absolute atomic E-state index is 0.0197. The van der Waals surface area contributed by atoms with Gasteiger partial charge >= 0.3 is 0 Å². The van der Waals surface area contributed by atoms with E-state index in [2.05, 4.69) is 85.0 Å². The molecule has 1 fully saturated rings. The van der Waals surface area contributed by atoms with Crippen LogP contribution in [0.2, 0.25) is 36.3 Å². The van der Waals surface area contributed by atoms with Crippen molar-refractivity contribution in [2.45, 2.75) is 116 Å². The summed E-state index contributed by atoms with van der Waals surface area (Å²) in [4.78, 5) is 33.2. The molecule has 9 heteroatoms. The second kappa shape index (κ2) is 11.5. The van der Waals surface area contributed by atoms with E-state index in [0.29, 0.717) is 18.7 Å². The fourth-order valence-electron chi connectivity index (χ4n) is 3.76. The lowest BCUT2D eigenvalue weighted by molar-refractivity contribution is -0.127. The summed E-state index contributed by atoms with van der Waals surface area (Å²) < 4.78 is 13.9. The Morgan fingerprint density at radius 3 is 2.14 bits per heavy atom. The number of amides is 2. The van der Waals surface area contributed by atoms with Gasteiger partial charge in [0.2, 0.25) is 5.91 Å². The van der Waals surface area contributed by atoms with Gasteiger partial charge in [-0.3, -0.25) is 14.6 Å². The van der Waals surface area contributed by atoms with Crippen LogP contribution in [0.25, 0.3) is 0 Å². The van der Waals surface area contributed by atoms with Crippen LogP contribution in [-0.4, -0.2) is 69.7 Å². The highest BCUT2D eigenvalue weighted by Gasteiger charge is 2.55. The fraction of sp³-hybridized carbons (Fsp3) is 0.741. The SMILES string of the molecule is CCCCNC(=O)C1[C@H](O[Si](C)(C)C(C)(C)C)[C@@H](O[Si](C)(C)C(C)(C)C)CN1C(=O)c1cccnc1. The van der Waals surface area contributed by atoms with Crippen molar-refractivity contribution in [1.82, 2.24) is 15.2 Å². The van der Waals surface area contributed by atoms with Crippen LogP contribution < -0.4 is 5.32 Å². The van der Waals surface area contributed by atoms with Crippen molar-refractivity contribution in [1.29, 1.82) is 0 Å². The summed E-state index contributed by atoms with van der Waals surface area (Å²) in [6.45, 7) is 24.9. The summed E-state index contributed by atoms with van der Waals surface area (Å²) in [5, 5.41) is 3.00. The molecule has 1 aromatic rings. The molecule has 1 unspecified atom stereocenters. The van der Waals surface area contributed by atoms with Crippen molar-refractivity contribution in [3.8, 4) is 0 Å². The van der Waals surface area contributed by atoms with E-state index >= 15 is 0 Å². The average molecular weight is 536 g/mol. The first-order valence-electron chi connectivity index (χ1n) is 13.3. The molecular weight excluding hydrogens is 486 g/mol. The molecule has 7 nitrogen and oxygen atoms in total. The number of likely N-dealkylation sites (tertiary alicyclic amines) is 1. The first-order chi connectivity index (χ1) is 16.4. The molecule has 204 valence electrons. The Balaban J connectivity index is 2.56. The third-order valence-electron chi connectivity index (χ3n) is 8.15. The Morgan fingerprint density at radius 2 is 1.64 bits per heavy atom. The van der Waals surface area contributed by atoms with E-state index in [1.165, 1.54) is 0 Å². The lowest BCUT2D eigenvalue weighted by Gasteiger charge is -2.43. The molecule has 0 radical (unpaired) electrons. The Hall–Kier alpha value is -1.56. The maximum Gasteiger partial charge on any atom is 0.256 e. The average Bonchev–Trinajstić information content (AvgIpc) is 3.09. The highest BCUT2D eigenvalue weighted by molar-refractivity contribution is 6.74. The summed E-state index contributed by atoms with van der Waals surface area (Å²) in [6, 6.07) is 2.72. The van der Waals surface area contributed by atoms with Crippen molar-refractivity contribution in [2.75, 3.05) is 13.1 Å². The second-order valence-electron chi connectivity index (χ2n) is 13.0. The van der Waals surface area contributed by atoms with Gasteiger partial charge in [0, 0.05) is 25.5 Å². The summed E-state index contributed by atoms with van der Waals surface area (Å²) in [7, 11) is -4.52. The molecule has 2 heterocycles. The number of nitrogens with zero attached hydrogens (tertiary/aromatic N) is 2. The third-order valence-corrected chi connectivity index (χ3v) is 17.1. The maximum absolute atomic E-state index is 13.7. The van der Waals surface area contributed by atoms with E-state index in [1.807, 2.05) is 0 Å². The standard InChI is InChI=1S/C27H49N3O4Si2/c1-12-13-17-29-24(31)22-23(34-36(10,11)27(5,6)7)21(33-35(8,9)26(2,3)4)19-30(22)25(32)20-15-14-16-28-18-20/h14-16,18,21-23H,12-13,17,19H2,1-11H3,(H,29,31)/t21-,22?,23+/m0/s1. The van der Waals surface area contributed by atoms with Gasteiger partial charge in [-0.25, -0.2) is 0 Å². The number of carbonyl (C=O) groups is 2. The zero-order valence-corrected chi connectivity index (χ0v) is 26.4. The maximum atomic E-state index is 13.7. The normalized spacial score (nSPS) is 21.5. The van der Waals surface area contributed by atoms with Crippen molar-refractivity contribution in [3.05, 3.63) is 30.1 Å². The topological polar surface area (TPSA) is 80.8 Å². The molecule has 36 heavy (non-hydrogen) atoms. The number of carbonyl (C=O) groups excluding carboxylic acids is 2. The van der Waals surface area contributed by atoms with Gasteiger partial charge in [-0.1, -0.05) is 54.9 Å². The number of nitrogens with one attached hydrogen (secondary N) is 1. The van der Waals surface area contributed by atoms with Gasteiger partial charge in [0.05, 0.1) is 11.7 Å². The summed E-state index contributed by atoms with van der Waals surface area (Å²) in [6.07, 6.45) is 4.13. The van der Waals surface area contributed by atoms with Crippen LogP contribution in [0.5, 0.6) is 0 Å². The van der Waals surface area contributed by atoms with Gasteiger partial charge in [-0.15, -0.1) is 0 Å². The lowest BCUT2D eigenvalue weighted by atomic mass is 10.1. The van der Waals surface area contributed by atoms with Crippen LogP contribution in [-0.2, 0) is 13.6 Å². The van der Waals surface area contributed by atoms with E-state index in [9.17, 15) is 9.59 Å². The van der Waals surface area contributed by atoms with E-state index < -0.39 is 28.8 Å². The first kappa shape index (κ1) is 30.7. The van der Waals surface area contributed by atoms with Gasteiger partial charge in [0.25, 0.3) is 5.91 Å². The van der Waals surface area contributed by atoms with Crippen LogP contribution in [0.1, 0.15) is 71.7 Å². The van der Waals surface area contributed by atoms with Gasteiger partial charge in [-0.2, -0.15) is 0 Å². The smallest absolute Gasteiger partial charge is 0.256 e. The molecule has 1 N–H and O–H groups in total. The fourth-order valence-corrected chi connectivity index (χ4v) is 6.39. The van der Waals surface area contributed by atoms with Crippen molar-refractivity contribution in [3.63, 3.8) is 0 Å². The highest BCUT2D eigenvalue weighted by Crippen LogP contribution is 2.43. The van der Waals surface area contributed by atoms with Crippen LogP contribution in [0, 0.1) is 0 Å². The van der Waals surface area contributed by atoms with Crippen LogP contribution in [0.15, 0.2) is 24.5 Å². The molecule has 0 spiro atoms. The molecule has 0 aliphatic carbocycles. The molecule has 3 atom stereocenters. The van der Waals surface area contributed by atoms with E-state index in [1.54, 1.807) is 29.4 Å². The number of hydrogen-bond donors (Lipinski definition) is 1. The monoisotopic (exact) mass is 535 g/mol. The zero-order valence-electron chi connectivity index (χ0n) is 24.4. The predicted molar refractivity (Wildman–Crippen MR) is 151 cm³/mol. The van der Waals surface area contributed by atoms with Crippen LogP contribution >= 0.6 is 0 Å². The van der Waals surface area contributed by atoms with Gasteiger partial charge in [0.1, 0.15) is 12.1 Å². The summed E-state index contributed by atoms with van der Waals surface area (Å²) in [5.74, 6) is -0.394. The Labute approximate surface area is 221 Å². The largest absolute Gasteiger partial charge is 0.409 e. The van der Waals surface area contributed by atoms with Crippen molar-refractivity contribution < 1.29 is 18.4 Å². The van der Waals surface area contributed by atoms with E-state index in [-0.39, 0.29) is 28.0 Å². The Bertz CT molecular complexity index is 895. The minimum atomic E-state index is -2.30. The summed E-state index contributed by atoms with van der Waals surface area (Å²) in [5.41, 5.74) is 0.461. The van der Waals surface area contributed by atoms with Gasteiger partial charge in [-0.05, 0) is 54.8 Å². The Kier molecular flexibility index (Phi) is 9.76. The molecule has 0 saturated carbocycles. The number of aromatic nitrogens is 1. The molecule has 1 aliphatic heterocycles. The lowest BCUT2D eigenvalue weighted by Crippen LogP contribution is -2.56. The summed E-state index contributed by atoms with van der Waals surface area (Å²) >= 11 is 0. The van der Waals surface area contributed by atoms with E-state index in [0.717, 1.165) is 12.8 Å². The van der Waals surface area contributed by atoms with Crippen molar-refractivity contribution in [2.24, 2.45) is 0 Å². The number of pyridine rings is 1. The number of unbranched alkanes of at least 4 members (excludes halogenated alkanes) is 1. The molecular formula is C27H49N3O4Si2. The molecule has 0 aromatic carbocycles. The van der Waals surface area contributed by atoms with E-state index in [4.69, 9.17) is 8.85 Å². The second-order valence-corrected chi connectivity index (χ2v) is 22.6. The number of rotatable bonds is 9. The third kappa shape index (κ3) is 7.05. The Morgan fingerprint density at radius 1 is 1.06 bits per heavy atom. The zero-order chi connectivity index (χ0) is 27.5. The molecule has 2 amide bonds. The van der Waals surface area contributed by atoms with Gasteiger partial charge in [0.15, 0.2) is 16.6 Å². The molecule has 1 aromatic heterocycles. The van der Waals surface area contributed by atoms with Crippen LogP contribution in [0.4, 0.5) is 0 Å². The first-order valence-corrected chi connectivity index (χ1v) is 19.1. The van der Waals surface area contributed by atoms with Crippen molar-refractivity contribution >= 4 is 28.4 Å². The number of hydrogen-bond acceptors (Lipinski definition) is 5. The predicted octanol–water partition coefficient (Wildman–Crippen LogP) is 5.60. The van der Waals surface area contributed by atoms with Gasteiger partial charge < -0.3 is 19.1 Å². The molecule has 2 rings (SSSR count). The molecule has 1 saturated heterocycles. The van der Waals surface area contributed by atoms with Crippen LogP contribution in [0.3, 0.4) is 0 Å².